The van der Waals surface area contributed by atoms with Crippen molar-refractivity contribution in [3.63, 3.8) is 0 Å². The number of nitrogens with one attached hydrogen (secondary N) is 1. The fraction of sp³-hybridized carbons (Fsp3) is 0.364. The van der Waals surface area contributed by atoms with Crippen LogP contribution in [0.15, 0.2) is 42.5 Å². The fourth-order valence-corrected chi connectivity index (χ4v) is 3.51. The Morgan fingerprint density at radius 1 is 1.14 bits per heavy atom. The van der Waals surface area contributed by atoms with Crippen LogP contribution in [-0.2, 0) is 16.0 Å². The summed E-state index contributed by atoms with van der Waals surface area (Å²) in [6.45, 7) is 0.624. The van der Waals surface area contributed by atoms with Gasteiger partial charge >= 0.3 is 0 Å². The molecule has 6 nitrogen and oxygen atoms in total. The predicted octanol–water partition coefficient (Wildman–Crippen LogP) is 3.40. The van der Waals surface area contributed by atoms with Crippen molar-refractivity contribution in [1.82, 2.24) is 0 Å². The van der Waals surface area contributed by atoms with Crippen LogP contribution in [-0.4, -0.2) is 32.1 Å². The summed E-state index contributed by atoms with van der Waals surface area (Å²) in [6, 6.07) is 13.0. The maximum Gasteiger partial charge on any atom is 0.262 e. The van der Waals surface area contributed by atoms with Crippen LogP contribution in [0.1, 0.15) is 24.8 Å². The molecule has 0 atom stereocenters. The minimum absolute atomic E-state index is 0.123. The molecule has 28 heavy (non-hydrogen) atoms. The lowest BCUT2D eigenvalue weighted by Crippen LogP contribution is -2.36. The van der Waals surface area contributed by atoms with Crippen LogP contribution < -0.4 is 19.7 Å². The van der Waals surface area contributed by atoms with Gasteiger partial charge in [-0.1, -0.05) is 18.2 Å². The van der Waals surface area contributed by atoms with Gasteiger partial charge in [-0.25, -0.2) is 0 Å². The number of para-hydroxylation sites is 2. The maximum atomic E-state index is 12.6. The molecule has 0 unspecified atom stereocenters. The molecule has 0 spiro atoms. The topological polar surface area (TPSA) is 67.9 Å². The number of rotatable bonds is 6. The molecule has 0 saturated heterocycles. The Bertz CT molecular complexity index is 892. The number of carbonyl (C=O) groups is 2. The molecule has 6 heteroatoms. The zero-order valence-corrected chi connectivity index (χ0v) is 15.9. The van der Waals surface area contributed by atoms with E-state index in [1.165, 1.54) is 0 Å². The lowest BCUT2D eigenvalue weighted by molar-refractivity contribution is -0.120. The fourth-order valence-electron chi connectivity index (χ4n) is 3.51. The van der Waals surface area contributed by atoms with E-state index in [9.17, 15) is 9.59 Å². The highest BCUT2D eigenvalue weighted by molar-refractivity contribution is 5.99. The highest BCUT2D eigenvalue weighted by Gasteiger charge is 2.35. The van der Waals surface area contributed by atoms with Crippen LogP contribution in [0, 0.1) is 5.92 Å². The van der Waals surface area contributed by atoms with E-state index >= 15 is 0 Å². The Morgan fingerprint density at radius 3 is 2.68 bits per heavy atom. The first kappa shape index (κ1) is 18.3. The first-order valence-corrected chi connectivity index (χ1v) is 9.65. The molecule has 1 saturated carbocycles. The van der Waals surface area contributed by atoms with Crippen LogP contribution in [0.4, 0.5) is 11.4 Å². The van der Waals surface area contributed by atoms with Crippen molar-refractivity contribution in [3.05, 3.63) is 48.0 Å². The Labute approximate surface area is 164 Å². The third-order valence-electron chi connectivity index (χ3n) is 5.11. The third-order valence-corrected chi connectivity index (χ3v) is 5.11. The molecular formula is C22H24N2O4. The van der Waals surface area contributed by atoms with E-state index in [4.69, 9.17) is 9.47 Å². The summed E-state index contributed by atoms with van der Waals surface area (Å²) >= 11 is 0. The summed E-state index contributed by atoms with van der Waals surface area (Å²) in [7, 11) is 1.56. The van der Waals surface area contributed by atoms with E-state index in [1.807, 2.05) is 35.2 Å². The molecule has 2 amide bonds. The lowest BCUT2D eigenvalue weighted by atomic mass is 10.0. The van der Waals surface area contributed by atoms with Gasteiger partial charge in [-0.3, -0.25) is 9.59 Å². The van der Waals surface area contributed by atoms with E-state index in [2.05, 4.69) is 5.32 Å². The number of nitrogens with zero attached hydrogens (tertiary/aromatic N) is 1. The average molecular weight is 380 g/mol. The molecule has 1 aliphatic carbocycles. The zero-order valence-electron chi connectivity index (χ0n) is 15.9. The number of fused-ring (bicyclic) bond motifs is 1. The summed E-state index contributed by atoms with van der Waals surface area (Å²) in [4.78, 5) is 26.8. The standard InChI is InChI=1S/C22H24N2O4/c1-27-19-6-2-3-7-20(19)28-14-21(25)23-17-11-10-15-5-4-12-24(18(15)13-17)22(26)16-8-9-16/h2-3,6-7,10-11,13,16H,4-5,8-9,12,14H2,1H3,(H,23,25). The summed E-state index contributed by atoms with van der Waals surface area (Å²) in [5.74, 6) is 1.23. The summed E-state index contributed by atoms with van der Waals surface area (Å²) in [5.41, 5.74) is 2.75. The first-order valence-electron chi connectivity index (χ1n) is 9.65. The average Bonchev–Trinajstić information content (AvgIpc) is 3.57. The second kappa shape index (κ2) is 7.92. The number of methoxy groups -OCH3 is 1. The zero-order chi connectivity index (χ0) is 19.5. The van der Waals surface area contributed by atoms with Gasteiger partial charge in [0.2, 0.25) is 5.91 Å². The molecule has 4 rings (SSSR count). The highest BCUT2D eigenvalue weighted by Crippen LogP contribution is 2.37. The quantitative estimate of drug-likeness (QED) is 0.834. The molecule has 2 aromatic carbocycles. The molecule has 1 aliphatic heterocycles. The van der Waals surface area contributed by atoms with Gasteiger partial charge in [0.15, 0.2) is 18.1 Å². The normalized spacial score (nSPS) is 15.5. The Balaban J connectivity index is 1.43. The number of benzene rings is 2. The van der Waals surface area contributed by atoms with Crippen molar-refractivity contribution in [2.45, 2.75) is 25.7 Å². The number of hydrogen-bond acceptors (Lipinski definition) is 4. The van der Waals surface area contributed by atoms with Crippen LogP contribution in [0.2, 0.25) is 0 Å². The summed E-state index contributed by atoms with van der Waals surface area (Å²) in [5, 5.41) is 2.86. The van der Waals surface area contributed by atoms with E-state index in [0.717, 1.165) is 43.5 Å². The van der Waals surface area contributed by atoms with Gasteiger partial charge in [0.05, 0.1) is 7.11 Å². The summed E-state index contributed by atoms with van der Waals surface area (Å²) < 4.78 is 10.8. The Morgan fingerprint density at radius 2 is 1.93 bits per heavy atom. The van der Waals surface area contributed by atoms with Gasteiger partial charge in [0, 0.05) is 23.8 Å². The molecule has 1 heterocycles. The number of anilines is 2. The van der Waals surface area contributed by atoms with Gasteiger partial charge in [-0.15, -0.1) is 0 Å². The van der Waals surface area contributed by atoms with Crippen molar-refractivity contribution in [2.75, 3.05) is 30.5 Å². The monoisotopic (exact) mass is 380 g/mol. The largest absolute Gasteiger partial charge is 0.493 e. The van der Waals surface area contributed by atoms with Crippen LogP contribution in [0.25, 0.3) is 0 Å². The van der Waals surface area contributed by atoms with Crippen molar-refractivity contribution >= 4 is 23.2 Å². The predicted molar refractivity (Wildman–Crippen MR) is 107 cm³/mol. The Kier molecular flexibility index (Phi) is 5.19. The first-order chi connectivity index (χ1) is 13.7. The van der Waals surface area contributed by atoms with E-state index in [-0.39, 0.29) is 24.3 Å². The minimum atomic E-state index is -0.262. The molecule has 0 radical (unpaired) electrons. The van der Waals surface area contributed by atoms with Crippen LogP contribution in [0.3, 0.4) is 0 Å². The molecule has 1 N–H and O–H groups in total. The second-order valence-corrected chi connectivity index (χ2v) is 7.20. The second-order valence-electron chi connectivity index (χ2n) is 7.20. The molecule has 146 valence electrons. The number of aryl methyl sites for hydroxylation is 1. The van der Waals surface area contributed by atoms with Crippen molar-refractivity contribution in [1.29, 1.82) is 0 Å². The van der Waals surface area contributed by atoms with Crippen molar-refractivity contribution in [2.24, 2.45) is 5.92 Å². The highest BCUT2D eigenvalue weighted by atomic mass is 16.5. The van der Waals surface area contributed by atoms with Gasteiger partial charge in [-0.2, -0.15) is 0 Å². The van der Waals surface area contributed by atoms with Crippen molar-refractivity contribution < 1.29 is 19.1 Å². The van der Waals surface area contributed by atoms with E-state index in [1.54, 1.807) is 19.2 Å². The number of hydrogen-bond donors (Lipinski definition) is 1. The van der Waals surface area contributed by atoms with Gasteiger partial charge in [-0.05, 0) is 55.5 Å². The smallest absolute Gasteiger partial charge is 0.262 e. The molecule has 2 aromatic rings. The molecule has 0 aromatic heterocycles. The minimum Gasteiger partial charge on any atom is -0.493 e. The molecular weight excluding hydrogens is 356 g/mol. The van der Waals surface area contributed by atoms with Crippen molar-refractivity contribution in [3.8, 4) is 11.5 Å². The van der Waals surface area contributed by atoms with Crippen LogP contribution >= 0.6 is 0 Å². The third kappa shape index (κ3) is 3.96. The molecule has 2 aliphatic rings. The van der Waals surface area contributed by atoms with Crippen LogP contribution in [0.5, 0.6) is 11.5 Å². The lowest BCUT2D eigenvalue weighted by Gasteiger charge is -2.30. The summed E-state index contributed by atoms with van der Waals surface area (Å²) in [6.07, 6.45) is 3.90. The number of carbonyl (C=O) groups excluding carboxylic acids is 2. The number of amides is 2. The van der Waals surface area contributed by atoms with E-state index in [0.29, 0.717) is 17.2 Å². The van der Waals surface area contributed by atoms with E-state index < -0.39 is 0 Å². The van der Waals surface area contributed by atoms with Gasteiger partial charge in [0.1, 0.15) is 0 Å². The maximum absolute atomic E-state index is 12.6. The number of ether oxygens (including phenoxy) is 2. The van der Waals surface area contributed by atoms with Gasteiger partial charge in [0.25, 0.3) is 5.91 Å². The SMILES string of the molecule is COc1ccccc1OCC(=O)Nc1ccc2c(c1)N(C(=O)C1CC1)CCC2. The molecule has 1 fully saturated rings. The Hall–Kier alpha value is -3.02. The molecule has 0 bridgehead atoms. The van der Waals surface area contributed by atoms with Gasteiger partial charge < -0.3 is 19.7 Å².